The second-order valence-corrected chi connectivity index (χ2v) is 6.51. The maximum absolute atomic E-state index is 12.6. The fourth-order valence-corrected chi connectivity index (χ4v) is 3.29. The van der Waals surface area contributed by atoms with Gasteiger partial charge in [0.2, 0.25) is 5.76 Å². The van der Waals surface area contributed by atoms with Gasteiger partial charge in [-0.2, -0.15) is 5.10 Å². The van der Waals surface area contributed by atoms with Gasteiger partial charge in [-0.05, 0) is 30.3 Å². The first kappa shape index (κ1) is 16.9. The number of fused-ring (bicyclic) bond motifs is 2. The first-order chi connectivity index (χ1) is 14.2. The fourth-order valence-electron chi connectivity index (χ4n) is 3.29. The second-order valence-electron chi connectivity index (χ2n) is 6.51. The largest absolute Gasteiger partial charge is 0.350 e. The van der Waals surface area contributed by atoms with Crippen LogP contribution in [0.1, 0.15) is 10.6 Å². The van der Waals surface area contributed by atoms with Crippen LogP contribution in [-0.4, -0.2) is 21.3 Å². The molecule has 0 radical (unpaired) electrons. The standard InChI is InChI=1S/C22H14N4O3/c27-21-16-6-2-1-5-15(16)19(24-25-21)13-9-11-14(12-10-13)23-22(28)20-17-7-3-4-8-18(17)26-29-20/h1-12H,(H,23,28)(H,25,27). The van der Waals surface area contributed by atoms with Gasteiger partial charge in [0.05, 0.1) is 16.5 Å². The average molecular weight is 382 g/mol. The summed E-state index contributed by atoms with van der Waals surface area (Å²) in [5.74, 6) is -0.211. The number of nitrogens with one attached hydrogen (secondary N) is 2. The van der Waals surface area contributed by atoms with Crippen molar-refractivity contribution in [3.63, 3.8) is 0 Å². The van der Waals surface area contributed by atoms with Crippen molar-refractivity contribution < 1.29 is 9.32 Å². The highest BCUT2D eigenvalue weighted by Crippen LogP contribution is 2.26. The van der Waals surface area contributed by atoms with Gasteiger partial charge in [0.1, 0.15) is 5.52 Å². The van der Waals surface area contributed by atoms with Gasteiger partial charge in [-0.25, -0.2) is 5.10 Å². The van der Waals surface area contributed by atoms with E-state index in [9.17, 15) is 9.59 Å². The summed E-state index contributed by atoms with van der Waals surface area (Å²) in [4.78, 5) is 24.5. The van der Waals surface area contributed by atoms with Crippen molar-refractivity contribution in [3.8, 4) is 11.3 Å². The molecule has 0 bridgehead atoms. The molecule has 2 heterocycles. The molecule has 2 N–H and O–H groups in total. The van der Waals surface area contributed by atoms with Gasteiger partial charge in [0.25, 0.3) is 11.5 Å². The smallest absolute Gasteiger partial charge is 0.294 e. The Morgan fingerprint density at radius 3 is 2.34 bits per heavy atom. The minimum absolute atomic E-state index is 0.165. The number of rotatable bonds is 3. The highest BCUT2D eigenvalue weighted by atomic mass is 16.5. The number of benzene rings is 3. The van der Waals surface area contributed by atoms with Gasteiger partial charge in [-0.1, -0.05) is 47.6 Å². The van der Waals surface area contributed by atoms with Crippen LogP contribution in [0.3, 0.4) is 0 Å². The van der Waals surface area contributed by atoms with E-state index in [4.69, 9.17) is 4.52 Å². The Balaban J connectivity index is 1.45. The predicted octanol–water partition coefficient (Wildman–Crippen LogP) is 3.98. The number of hydrogen-bond acceptors (Lipinski definition) is 5. The van der Waals surface area contributed by atoms with Crippen molar-refractivity contribution in [2.24, 2.45) is 0 Å². The minimum atomic E-state index is -0.376. The van der Waals surface area contributed by atoms with Gasteiger partial charge >= 0.3 is 0 Å². The quantitative estimate of drug-likeness (QED) is 0.491. The Hall–Kier alpha value is -4.26. The Kier molecular flexibility index (Phi) is 3.91. The number of aromatic nitrogens is 3. The van der Waals surface area contributed by atoms with Crippen LogP contribution in [0.25, 0.3) is 32.9 Å². The molecule has 0 aliphatic rings. The van der Waals surface area contributed by atoms with Crippen molar-refractivity contribution in [1.82, 2.24) is 15.4 Å². The first-order valence-electron chi connectivity index (χ1n) is 8.94. The summed E-state index contributed by atoms with van der Waals surface area (Å²) in [5, 5.41) is 15.4. The van der Waals surface area contributed by atoms with Crippen molar-refractivity contribution in [1.29, 1.82) is 0 Å². The minimum Gasteiger partial charge on any atom is -0.350 e. The van der Waals surface area contributed by atoms with E-state index in [2.05, 4.69) is 20.7 Å². The van der Waals surface area contributed by atoms with E-state index in [-0.39, 0.29) is 17.2 Å². The molecule has 0 atom stereocenters. The molecule has 7 nitrogen and oxygen atoms in total. The van der Waals surface area contributed by atoms with Gasteiger partial charge in [0.15, 0.2) is 0 Å². The molecule has 5 rings (SSSR count). The van der Waals surface area contributed by atoms with Crippen LogP contribution in [0.4, 0.5) is 5.69 Å². The second kappa shape index (κ2) is 6.72. The van der Waals surface area contributed by atoms with Crippen LogP contribution in [0.2, 0.25) is 0 Å². The number of H-pyrrole nitrogens is 1. The fraction of sp³-hybridized carbons (Fsp3) is 0. The molecule has 2 aromatic heterocycles. The summed E-state index contributed by atoms with van der Waals surface area (Å²) in [6.45, 7) is 0. The topological polar surface area (TPSA) is 101 Å². The molecule has 5 aromatic rings. The zero-order valence-electron chi connectivity index (χ0n) is 15.0. The van der Waals surface area contributed by atoms with Crippen LogP contribution in [0.5, 0.6) is 0 Å². The summed E-state index contributed by atoms with van der Waals surface area (Å²) in [7, 11) is 0. The van der Waals surface area contributed by atoms with E-state index < -0.39 is 0 Å². The van der Waals surface area contributed by atoms with Crippen molar-refractivity contribution in [3.05, 3.63) is 88.9 Å². The molecule has 0 aliphatic carbocycles. The predicted molar refractivity (Wildman–Crippen MR) is 110 cm³/mol. The number of carbonyl (C=O) groups is 1. The molecular weight excluding hydrogens is 368 g/mol. The number of amides is 1. The van der Waals surface area contributed by atoms with Crippen LogP contribution < -0.4 is 10.9 Å². The maximum Gasteiger partial charge on any atom is 0.294 e. The van der Waals surface area contributed by atoms with Gasteiger partial charge < -0.3 is 9.84 Å². The van der Waals surface area contributed by atoms with Crippen LogP contribution in [-0.2, 0) is 0 Å². The third-order valence-electron chi connectivity index (χ3n) is 4.70. The van der Waals surface area contributed by atoms with E-state index >= 15 is 0 Å². The normalized spacial score (nSPS) is 11.0. The molecule has 3 aromatic carbocycles. The van der Waals surface area contributed by atoms with E-state index in [1.807, 2.05) is 42.5 Å². The number of anilines is 1. The SMILES string of the molecule is O=C(Nc1ccc(-c2n[nH]c(=O)c3ccccc23)cc1)c1onc2ccccc12. The molecule has 0 fully saturated rings. The molecule has 1 amide bonds. The summed E-state index contributed by atoms with van der Waals surface area (Å²) < 4.78 is 5.20. The first-order valence-corrected chi connectivity index (χ1v) is 8.94. The zero-order valence-corrected chi connectivity index (χ0v) is 15.0. The third-order valence-corrected chi connectivity index (χ3v) is 4.70. The molecule has 7 heteroatoms. The number of nitrogens with zero attached hydrogens (tertiary/aromatic N) is 2. The highest BCUT2D eigenvalue weighted by Gasteiger charge is 2.16. The van der Waals surface area contributed by atoms with Crippen LogP contribution in [0.15, 0.2) is 82.1 Å². The molecule has 0 saturated heterocycles. The third kappa shape index (κ3) is 2.94. The van der Waals surface area contributed by atoms with E-state index in [1.54, 1.807) is 30.3 Å². The summed E-state index contributed by atoms with van der Waals surface area (Å²) in [6.07, 6.45) is 0. The molecule has 29 heavy (non-hydrogen) atoms. The average Bonchev–Trinajstić information content (AvgIpc) is 3.19. The van der Waals surface area contributed by atoms with E-state index in [0.717, 1.165) is 10.9 Å². The van der Waals surface area contributed by atoms with Crippen molar-refractivity contribution in [2.45, 2.75) is 0 Å². The Morgan fingerprint density at radius 2 is 1.55 bits per heavy atom. The number of aromatic amines is 1. The molecule has 0 aliphatic heterocycles. The lowest BCUT2D eigenvalue weighted by molar-refractivity contribution is 0.0990. The Morgan fingerprint density at radius 1 is 0.862 bits per heavy atom. The lowest BCUT2D eigenvalue weighted by Crippen LogP contribution is -2.11. The van der Waals surface area contributed by atoms with Crippen LogP contribution in [0, 0.1) is 0 Å². The van der Waals surface area contributed by atoms with Gasteiger partial charge in [0, 0.05) is 16.6 Å². The summed E-state index contributed by atoms with van der Waals surface area (Å²) >= 11 is 0. The van der Waals surface area contributed by atoms with Crippen LogP contribution >= 0.6 is 0 Å². The van der Waals surface area contributed by atoms with Crippen molar-refractivity contribution in [2.75, 3.05) is 5.32 Å². The van der Waals surface area contributed by atoms with Gasteiger partial charge in [-0.3, -0.25) is 9.59 Å². The monoisotopic (exact) mass is 382 g/mol. The number of carbonyl (C=O) groups excluding carboxylic acids is 1. The maximum atomic E-state index is 12.6. The molecule has 0 spiro atoms. The van der Waals surface area contributed by atoms with E-state index in [1.165, 1.54) is 0 Å². The molecule has 140 valence electrons. The Labute approximate surface area is 164 Å². The number of hydrogen-bond donors (Lipinski definition) is 2. The molecular formula is C22H14N4O3. The van der Waals surface area contributed by atoms with E-state index in [0.29, 0.717) is 27.7 Å². The lowest BCUT2D eigenvalue weighted by atomic mass is 10.0. The Bertz CT molecular complexity index is 1420. The highest BCUT2D eigenvalue weighted by molar-refractivity contribution is 6.10. The van der Waals surface area contributed by atoms with Crippen molar-refractivity contribution >= 4 is 33.3 Å². The molecule has 0 saturated carbocycles. The summed E-state index contributed by atoms with van der Waals surface area (Å²) in [5.41, 5.74) is 2.49. The zero-order chi connectivity index (χ0) is 19.8. The van der Waals surface area contributed by atoms with Gasteiger partial charge in [-0.15, -0.1) is 0 Å². The summed E-state index contributed by atoms with van der Waals surface area (Å²) in [6, 6.07) is 21.7. The lowest BCUT2D eigenvalue weighted by Gasteiger charge is -2.07. The molecule has 0 unspecified atom stereocenters.